The van der Waals surface area contributed by atoms with E-state index in [2.05, 4.69) is 86.8 Å². The molecule has 0 aromatic carbocycles. The molecule has 0 radical (unpaired) electrons. The molecule has 0 aliphatic carbocycles. The molecule has 1 aliphatic heterocycles. The van der Waals surface area contributed by atoms with Crippen molar-refractivity contribution >= 4 is 11.9 Å². The van der Waals surface area contributed by atoms with Crippen molar-refractivity contribution in [2.45, 2.75) is 250 Å². The summed E-state index contributed by atoms with van der Waals surface area (Å²) < 4.78 is 17.5. The minimum atomic E-state index is -1.65. The number of aliphatic hydroxyl groups is 5. The van der Waals surface area contributed by atoms with E-state index in [0.717, 1.165) is 89.9 Å². The Kier molecular flexibility index (Phi) is 47.4. The Balaban J connectivity index is 2.79. The highest BCUT2D eigenvalue weighted by molar-refractivity contribution is 5.80. The van der Waals surface area contributed by atoms with E-state index in [1.54, 1.807) is 6.08 Å². The van der Waals surface area contributed by atoms with E-state index >= 15 is 0 Å². The van der Waals surface area contributed by atoms with E-state index in [-0.39, 0.29) is 19.4 Å². The lowest BCUT2D eigenvalue weighted by Gasteiger charge is -2.41. The molecular weight excluding hydrogens is 955 g/mol. The number of allylic oxidation sites excluding steroid dienone is 21. The number of hydrogen-bond donors (Lipinski definition) is 6. The molecular formula is C65H105NO10. The van der Waals surface area contributed by atoms with Crippen LogP contribution in [0.2, 0.25) is 0 Å². The van der Waals surface area contributed by atoms with E-state index in [1.165, 1.54) is 64.2 Å². The number of aliphatic hydroxyl groups excluding tert-OH is 5. The van der Waals surface area contributed by atoms with E-state index in [0.29, 0.717) is 12.8 Å². The molecule has 1 fully saturated rings. The van der Waals surface area contributed by atoms with Crippen LogP contribution >= 0.6 is 0 Å². The quantitative estimate of drug-likeness (QED) is 0.0149. The molecule has 6 N–H and O–H groups in total. The molecule has 11 nitrogen and oxygen atoms in total. The van der Waals surface area contributed by atoms with Crippen molar-refractivity contribution in [3.63, 3.8) is 0 Å². The Hall–Kier alpha value is -4.20. The summed E-state index contributed by atoms with van der Waals surface area (Å²) in [5.74, 6) is -1.29. The van der Waals surface area contributed by atoms with Crippen molar-refractivity contribution in [2.24, 2.45) is 0 Å². The number of carbonyl (C=O) groups excluding carboxylic acids is 2. The number of carbonyl (C=O) groups is 2. The minimum Gasteiger partial charge on any atom is -0.454 e. The van der Waals surface area contributed by atoms with Gasteiger partial charge in [0.2, 0.25) is 5.91 Å². The standard InChI is InChI=1S/C65H105NO10/c1-4-7-10-13-16-19-22-25-27-29-31-32-34-37-40-43-46-49-52-58(69)64(73)66-56(57(68)51-48-45-42-39-36-24-21-18-15-12-9-6-3)55-74-65-63(62(72)61(71)59(54-67)75-65)76-60(70)53-50-47-44-41-38-35-33-30-28-26-23-20-17-14-11-8-5-2/h8,11,14,16-17,19-20,23,25-28,30-33,35,37-38,40,48,51,56-59,61-63,65,67-69,71-72H,4-7,9-10,12-13,15,18,21-22,24,29,34,36,39,41-47,49-50,52-55H2,1-3H3,(H,66,73)/b11-8-,17-14+,19-16-,23-20+,27-25-,28-26-,32-31-,33-30+,38-35+,40-37-,51-48+. The summed E-state index contributed by atoms with van der Waals surface area (Å²) >= 11 is 0. The topological polar surface area (TPSA) is 175 Å². The summed E-state index contributed by atoms with van der Waals surface area (Å²) in [6.45, 7) is 5.54. The number of unbranched alkanes of at least 4 members (excludes halogenated alkanes) is 18. The molecule has 1 rings (SSSR count). The van der Waals surface area contributed by atoms with E-state index in [4.69, 9.17) is 14.2 Å². The lowest BCUT2D eigenvalue weighted by molar-refractivity contribution is -0.305. The van der Waals surface area contributed by atoms with Gasteiger partial charge in [0.1, 0.15) is 24.4 Å². The van der Waals surface area contributed by atoms with Gasteiger partial charge in [-0.05, 0) is 89.9 Å². The third-order valence-electron chi connectivity index (χ3n) is 12.9. The molecule has 0 bridgehead atoms. The Morgan fingerprint density at radius 2 is 1.00 bits per heavy atom. The fraction of sp³-hybridized carbons (Fsp3) is 0.631. The highest BCUT2D eigenvalue weighted by Gasteiger charge is 2.47. The summed E-state index contributed by atoms with van der Waals surface area (Å²) in [4.78, 5) is 26.5. The van der Waals surface area contributed by atoms with Crippen molar-refractivity contribution in [3.8, 4) is 0 Å². The number of rotatable bonds is 47. The molecule has 11 heteroatoms. The lowest BCUT2D eigenvalue weighted by atomic mass is 9.99. The van der Waals surface area contributed by atoms with E-state index in [1.807, 2.05) is 66.8 Å². The monoisotopic (exact) mass is 1060 g/mol. The zero-order valence-corrected chi connectivity index (χ0v) is 47.3. The van der Waals surface area contributed by atoms with Gasteiger partial charge < -0.3 is 45.1 Å². The Morgan fingerprint density at radius 3 is 1.57 bits per heavy atom. The summed E-state index contributed by atoms with van der Waals surface area (Å²) in [7, 11) is 0. The molecule has 76 heavy (non-hydrogen) atoms. The summed E-state index contributed by atoms with van der Waals surface area (Å²) in [6.07, 6.45) is 62.0. The Bertz CT molecular complexity index is 1740. The predicted octanol–water partition coefficient (Wildman–Crippen LogP) is 13.7. The molecule has 0 spiro atoms. The Labute approximate surface area is 461 Å². The SMILES string of the molecule is CC\C=C/C=C/C=C/C=C\C=C\C=C\CCCCCC(=O)OC1C(OCC(NC(=O)C(O)CCCC/C=C\C/C=C\C/C=C\C/C=C\CCCCC)C(O)/C=C/CCCCCCCCCCCC)OC(CO)C(O)C1O. The average Bonchev–Trinajstić information content (AvgIpc) is 3.42. The third-order valence-corrected chi connectivity index (χ3v) is 12.9. The van der Waals surface area contributed by atoms with Crippen molar-refractivity contribution in [2.75, 3.05) is 13.2 Å². The van der Waals surface area contributed by atoms with Gasteiger partial charge in [0.25, 0.3) is 0 Å². The molecule has 1 heterocycles. The van der Waals surface area contributed by atoms with Gasteiger partial charge in [-0.1, -0.05) is 238 Å². The van der Waals surface area contributed by atoms with Crippen LogP contribution in [0.3, 0.4) is 0 Å². The molecule has 0 aromatic heterocycles. The van der Waals surface area contributed by atoms with Gasteiger partial charge in [-0.25, -0.2) is 0 Å². The van der Waals surface area contributed by atoms with Gasteiger partial charge in [0, 0.05) is 6.42 Å². The van der Waals surface area contributed by atoms with Crippen LogP contribution in [0.4, 0.5) is 0 Å². The number of hydrogen-bond acceptors (Lipinski definition) is 10. The maximum absolute atomic E-state index is 13.4. The molecule has 0 saturated carbocycles. The maximum Gasteiger partial charge on any atom is 0.306 e. The molecule has 8 atom stereocenters. The van der Waals surface area contributed by atoms with E-state index < -0.39 is 67.4 Å². The fourth-order valence-electron chi connectivity index (χ4n) is 8.25. The Morgan fingerprint density at radius 1 is 0.539 bits per heavy atom. The van der Waals surface area contributed by atoms with Crippen molar-refractivity contribution in [3.05, 3.63) is 134 Å². The number of nitrogens with one attached hydrogen (secondary N) is 1. The van der Waals surface area contributed by atoms with Crippen LogP contribution in [0.15, 0.2) is 134 Å². The molecule has 0 aromatic rings. The van der Waals surface area contributed by atoms with Gasteiger partial charge >= 0.3 is 5.97 Å². The fourth-order valence-corrected chi connectivity index (χ4v) is 8.25. The second kappa shape index (κ2) is 51.6. The normalized spacial score (nSPS) is 20.1. The molecule has 430 valence electrons. The van der Waals surface area contributed by atoms with Gasteiger partial charge in [0.05, 0.1) is 25.4 Å². The number of esters is 1. The largest absolute Gasteiger partial charge is 0.454 e. The van der Waals surface area contributed by atoms with E-state index in [9.17, 15) is 35.1 Å². The minimum absolute atomic E-state index is 0.0597. The van der Waals surface area contributed by atoms with Crippen molar-refractivity contribution in [1.29, 1.82) is 0 Å². The number of ether oxygens (including phenoxy) is 3. The summed E-state index contributed by atoms with van der Waals surface area (Å²) in [6, 6.07) is -1.06. The van der Waals surface area contributed by atoms with Crippen LogP contribution in [0.25, 0.3) is 0 Å². The molecule has 1 saturated heterocycles. The van der Waals surface area contributed by atoms with Crippen LogP contribution < -0.4 is 5.32 Å². The average molecular weight is 1060 g/mol. The zero-order chi connectivity index (χ0) is 55.4. The summed E-state index contributed by atoms with van der Waals surface area (Å²) in [5, 5.41) is 56.8. The molecule has 1 amide bonds. The van der Waals surface area contributed by atoms with Crippen molar-refractivity contribution in [1.82, 2.24) is 5.32 Å². The first kappa shape index (κ1) is 69.8. The first-order valence-corrected chi connectivity index (χ1v) is 29.5. The second-order valence-corrected chi connectivity index (χ2v) is 19.8. The summed E-state index contributed by atoms with van der Waals surface area (Å²) in [5.41, 5.74) is 0. The van der Waals surface area contributed by atoms with Gasteiger partial charge in [0.15, 0.2) is 12.4 Å². The smallest absolute Gasteiger partial charge is 0.306 e. The highest BCUT2D eigenvalue weighted by Crippen LogP contribution is 2.26. The first-order chi connectivity index (χ1) is 37.2. The van der Waals surface area contributed by atoms with Crippen LogP contribution in [0, 0.1) is 0 Å². The zero-order valence-electron chi connectivity index (χ0n) is 47.3. The lowest BCUT2D eigenvalue weighted by Crippen LogP contribution is -2.61. The van der Waals surface area contributed by atoms with Crippen molar-refractivity contribution < 1.29 is 49.3 Å². The maximum atomic E-state index is 13.4. The highest BCUT2D eigenvalue weighted by atomic mass is 16.7. The van der Waals surface area contributed by atoms with Crippen LogP contribution in [-0.2, 0) is 23.8 Å². The van der Waals surface area contributed by atoms with Gasteiger partial charge in [-0.3, -0.25) is 9.59 Å². The molecule has 1 aliphatic rings. The number of amides is 1. The van der Waals surface area contributed by atoms with Gasteiger partial charge in [-0.15, -0.1) is 0 Å². The molecule has 8 unspecified atom stereocenters. The van der Waals surface area contributed by atoms with Crippen LogP contribution in [0.1, 0.15) is 201 Å². The first-order valence-electron chi connectivity index (χ1n) is 29.5. The third kappa shape index (κ3) is 39.2. The second-order valence-electron chi connectivity index (χ2n) is 19.8. The van der Waals surface area contributed by atoms with Crippen LogP contribution in [-0.4, -0.2) is 99.6 Å². The predicted molar refractivity (Wildman–Crippen MR) is 314 cm³/mol. The van der Waals surface area contributed by atoms with Gasteiger partial charge in [-0.2, -0.15) is 0 Å². The van der Waals surface area contributed by atoms with Crippen LogP contribution in [0.5, 0.6) is 0 Å².